The van der Waals surface area contributed by atoms with Gasteiger partial charge >= 0.3 is 8.60 Å². The monoisotopic (exact) mass is 822 g/mol. The molecule has 0 saturated carbocycles. The van der Waals surface area contributed by atoms with Crippen molar-refractivity contribution in [1.82, 2.24) is 14.6 Å². The van der Waals surface area contributed by atoms with Gasteiger partial charge in [-0.3, -0.25) is 0 Å². The minimum Gasteiger partial charge on any atom is -0.490 e. The largest absolute Gasteiger partial charge is 0.490 e. The molecular formula is C44H67N6O7P. The zero-order valence-electron chi connectivity index (χ0n) is 35.1. The van der Waals surface area contributed by atoms with Crippen molar-refractivity contribution in [3.05, 3.63) is 53.5 Å². The number of benzene rings is 1. The van der Waals surface area contributed by atoms with Crippen LogP contribution in [0.5, 0.6) is 5.75 Å². The van der Waals surface area contributed by atoms with Crippen molar-refractivity contribution in [3.8, 4) is 17.9 Å². The van der Waals surface area contributed by atoms with Crippen molar-refractivity contribution in [2.75, 3.05) is 32.2 Å². The number of nitriles is 2. The number of aromatic nitrogens is 3. The first-order chi connectivity index (χ1) is 28.3. The van der Waals surface area contributed by atoms with Gasteiger partial charge in [0.05, 0.1) is 43.8 Å². The molecule has 3 heterocycles. The lowest BCUT2D eigenvalue weighted by molar-refractivity contribution is -0.0540. The SMILES string of the molecule is CCCCCCCCCCCCCCCCCCOCC(COP(O)OCC1(C#N)CCC(c2ccc3c(N)ncnn23)O1)OCc1ccc(C#N)c(OC(C)C)c1. The fourth-order valence-corrected chi connectivity index (χ4v) is 7.86. The summed E-state index contributed by atoms with van der Waals surface area (Å²) in [6.45, 7) is 7.02. The number of rotatable bonds is 31. The minimum absolute atomic E-state index is 0.00704. The molecule has 0 amide bonds. The van der Waals surface area contributed by atoms with Gasteiger partial charge in [0.2, 0.25) is 0 Å². The standard InChI is InChI=1S/C44H67N6O7P/c1-4-5-6-7-8-9-10-11-12-13-14-15-16-17-18-19-26-52-30-38(53-29-36-20-21-37(28-45)42(27-36)56-35(2)3)31-54-58(51)55-33-44(32-46)25-24-41(57-44)39-22-23-40-43(47)48-34-49-50(39)40/h20-23,27,34-35,38,41,51H,4-19,24-26,29-31,33H2,1-3H3,(H2,47,48,49). The fourth-order valence-electron chi connectivity index (χ4n) is 7.17. The smallest absolute Gasteiger partial charge is 0.330 e. The molecule has 4 rings (SSSR count). The number of hydrogen-bond acceptors (Lipinski definition) is 12. The van der Waals surface area contributed by atoms with E-state index in [-0.39, 0.29) is 32.5 Å². The lowest BCUT2D eigenvalue weighted by atomic mass is 10.0. The van der Waals surface area contributed by atoms with Crippen LogP contribution in [0, 0.1) is 22.7 Å². The Morgan fingerprint density at radius 3 is 2.24 bits per heavy atom. The molecule has 3 N–H and O–H groups in total. The molecule has 1 aromatic carbocycles. The Bertz CT molecular complexity index is 1700. The number of ether oxygens (including phenoxy) is 4. The number of nitrogens with two attached hydrogens (primary N) is 1. The van der Waals surface area contributed by atoms with Crippen LogP contribution < -0.4 is 10.5 Å². The molecule has 2 aromatic heterocycles. The van der Waals surface area contributed by atoms with E-state index in [1.807, 2.05) is 38.1 Å². The van der Waals surface area contributed by atoms with Gasteiger partial charge in [-0.2, -0.15) is 15.6 Å². The molecule has 0 bridgehead atoms. The van der Waals surface area contributed by atoms with Crippen LogP contribution in [0.25, 0.3) is 5.52 Å². The topological polar surface area (TPSA) is 179 Å². The molecule has 1 aliphatic heterocycles. The van der Waals surface area contributed by atoms with Gasteiger partial charge in [0, 0.05) is 6.61 Å². The molecular weight excluding hydrogens is 755 g/mol. The van der Waals surface area contributed by atoms with Crippen LogP contribution in [0.15, 0.2) is 36.7 Å². The Balaban J connectivity index is 1.17. The van der Waals surface area contributed by atoms with Crippen LogP contribution in [-0.4, -0.2) is 63.7 Å². The number of nitrogen functional groups attached to an aromatic ring is 1. The highest BCUT2D eigenvalue weighted by molar-refractivity contribution is 7.40. The molecule has 0 radical (unpaired) electrons. The van der Waals surface area contributed by atoms with E-state index in [1.54, 1.807) is 10.6 Å². The normalized spacial score (nSPS) is 17.7. The Kier molecular flexibility index (Phi) is 21.7. The fraction of sp³-hybridized carbons (Fsp3) is 0.682. The molecule has 3 aromatic rings. The lowest BCUT2D eigenvalue weighted by Crippen LogP contribution is -2.32. The first-order valence-electron chi connectivity index (χ1n) is 21.6. The number of hydrogen-bond donors (Lipinski definition) is 2. The maximum Gasteiger partial charge on any atom is 0.330 e. The van der Waals surface area contributed by atoms with Crippen molar-refractivity contribution in [2.45, 2.75) is 167 Å². The average Bonchev–Trinajstić information content (AvgIpc) is 3.86. The summed E-state index contributed by atoms with van der Waals surface area (Å²) in [6.07, 6.45) is 22.3. The summed E-state index contributed by atoms with van der Waals surface area (Å²) in [5.41, 5.74) is 7.43. The van der Waals surface area contributed by atoms with E-state index in [0.717, 1.165) is 24.1 Å². The van der Waals surface area contributed by atoms with E-state index in [9.17, 15) is 15.4 Å². The van der Waals surface area contributed by atoms with Crippen LogP contribution in [0.3, 0.4) is 0 Å². The highest BCUT2D eigenvalue weighted by Crippen LogP contribution is 2.43. The molecule has 1 fully saturated rings. The van der Waals surface area contributed by atoms with Crippen LogP contribution in [0.4, 0.5) is 5.82 Å². The highest BCUT2D eigenvalue weighted by atomic mass is 31.2. The maximum atomic E-state index is 10.8. The molecule has 4 unspecified atom stereocenters. The van der Waals surface area contributed by atoms with E-state index in [1.165, 1.54) is 96.2 Å². The number of unbranched alkanes of at least 4 members (excludes halogenated alkanes) is 15. The van der Waals surface area contributed by atoms with Gasteiger partial charge in [-0.05, 0) is 62.9 Å². The van der Waals surface area contributed by atoms with Crippen molar-refractivity contribution < 1.29 is 32.9 Å². The number of nitrogens with zero attached hydrogens (tertiary/aromatic N) is 5. The Labute approximate surface area is 347 Å². The minimum atomic E-state index is -2.35. The summed E-state index contributed by atoms with van der Waals surface area (Å²) in [4.78, 5) is 14.8. The van der Waals surface area contributed by atoms with Crippen molar-refractivity contribution in [3.63, 3.8) is 0 Å². The highest BCUT2D eigenvalue weighted by Gasteiger charge is 2.43. The third-order valence-corrected chi connectivity index (χ3v) is 11.2. The summed E-state index contributed by atoms with van der Waals surface area (Å²) in [7, 11) is -2.35. The summed E-state index contributed by atoms with van der Waals surface area (Å²) in [5.74, 6) is 0.857. The molecule has 58 heavy (non-hydrogen) atoms. The zero-order chi connectivity index (χ0) is 41.4. The van der Waals surface area contributed by atoms with Crippen molar-refractivity contribution in [1.29, 1.82) is 10.5 Å². The lowest BCUT2D eigenvalue weighted by Gasteiger charge is -2.24. The molecule has 320 valence electrons. The van der Waals surface area contributed by atoms with E-state index >= 15 is 0 Å². The quantitative estimate of drug-likeness (QED) is 0.0464. The predicted molar refractivity (Wildman–Crippen MR) is 226 cm³/mol. The molecule has 0 spiro atoms. The first-order valence-corrected chi connectivity index (χ1v) is 22.7. The van der Waals surface area contributed by atoms with Gasteiger partial charge in [0.15, 0.2) is 11.4 Å². The molecule has 0 aliphatic carbocycles. The number of anilines is 1. The summed E-state index contributed by atoms with van der Waals surface area (Å²) in [6, 6.07) is 13.5. The molecule has 1 aliphatic rings. The van der Waals surface area contributed by atoms with Crippen molar-refractivity contribution in [2.24, 2.45) is 0 Å². The third-order valence-electron chi connectivity index (χ3n) is 10.5. The summed E-state index contributed by atoms with van der Waals surface area (Å²) in [5, 5.41) is 23.9. The molecule has 13 nitrogen and oxygen atoms in total. The van der Waals surface area contributed by atoms with E-state index in [0.29, 0.717) is 42.1 Å². The number of fused-ring (bicyclic) bond motifs is 1. The summed E-state index contributed by atoms with van der Waals surface area (Å²) >= 11 is 0. The van der Waals surface area contributed by atoms with Crippen molar-refractivity contribution >= 4 is 19.9 Å². The Hall–Kier alpha value is -3.39. The molecule has 1 saturated heterocycles. The van der Waals surface area contributed by atoms with Gasteiger partial charge in [-0.1, -0.05) is 109 Å². The van der Waals surface area contributed by atoms with Gasteiger partial charge in [-0.25, -0.2) is 9.50 Å². The van der Waals surface area contributed by atoms with Gasteiger partial charge in [0.25, 0.3) is 0 Å². The van der Waals surface area contributed by atoms with E-state index < -0.39 is 26.4 Å². The molecule has 4 atom stereocenters. The van der Waals surface area contributed by atoms with Crippen LogP contribution in [0.2, 0.25) is 0 Å². The van der Waals surface area contributed by atoms with Gasteiger partial charge in [-0.15, -0.1) is 0 Å². The van der Waals surface area contributed by atoms with Crippen LogP contribution in [-0.2, 0) is 29.9 Å². The second-order valence-electron chi connectivity index (χ2n) is 15.7. The molecule has 14 heteroatoms. The Morgan fingerprint density at radius 2 is 1.60 bits per heavy atom. The zero-order valence-corrected chi connectivity index (χ0v) is 36.0. The van der Waals surface area contributed by atoms with Gasteiger partial charge < -0.3 is 38.6 Å². The maximum absolute atomic E-state index is 10.8. The predicted octanol–water partition coefficient (Wildman–Crippen LogP) is 10.2. The van der Waals surface area contributed by atoms with E-state index in [2.05, 4.69) is 29.1 Å². The van der Waals surface area contributed by atoms with Crippen LogP contribution >= 0.6 is 8.60 Å². The van der Waals surface area contributed by atoms with Crippen LogP contribution in [0.1, 0.15) is 159 Å². The van der Waals surface area contributed by atoms with E-state index in [4.69, 9.17) is 33.7 Å². The third kappa shape index (κ3) is 16.3. The second kappa shape index (κ2) is 26.7. The van der Waals surface area contributed by atoms with Gasteiger partial charge in [0.1, 0.15) is 41.9 Å². The second-order valence-corrected chi connectivity index (χ2v) is 16.7. The summed E-state index contributed by atoms with van der Waals surface area (Å²) < 4.78 is 37.4. The average molecular weight is 823 g/mol. The first kappa shape index (κ1) is 47.3. The Morgan fingerprint density at radius 1 is 0.931 bits per heavy atom.